The molecule has 1 aromatic rings. The van der Waals surface area contributed by atoms with Crippen LogP contribution >= 0.6 is 0 Å². The molecule has 0 aliphatic rings. The summed E-state index contributed by atoms with van der Waals surface area (Å²) in [6.45, 7) is 4.93. The minimum Gasteiger partial charge on any atom is -0.477 e. The molecule has 18 heavy (non-hydrogen) atoms. The molecule has 0 aliphatic heterocycles. The van der Waals surface area contributed by atoms with Gasteiger partial charge in [-0.25, -0.2) is 4.79 Å². The third kappa shape index (κ3) is 2.58. The molecule has 1 unspecified atom stereocenters. The first-order valence-electron chi connectivity index (χ1n) is 5.49. The van der Waals surface area contributed by atoms with Crippen molar-refractivity contribution in [1.82, 2.24) is 4.57 Å². The number of carboxylic acids is 1. The number of hydrogen-bond donors (Lipinski definition) is 2. The summed E-state index contributed by atoms with van der Waals surface area (Å²) >= 11 is 0. The van der Waals surface area contributed by atoms with Crippen LogP contribution in [-0.2, 0) is 11.3 Å². The summed E-state index contributed by atoms with van der Waals surface area (Å²) in [6, 6.07) is 1.61. The highest BCUT2D eigenvalue weighted by atomic mass is 16.4. The monoisotopic (exact) mass is 252 g/mol. The summed E-state index contributed by atoms with van der Waals surface area (Å²) in [4.78, 5) is 34.1. The maximum Gasteiger partial charge on any atom is 0.341 e. The molecule has 0 aromatic carbocycles. The smallest absolute Gasteiger partial charge is 0.341 e. The third-order valence-corrected chi connectivity index (χ3v) is 2.86. The van der Waals surface area contributed by atoms with Crippen molar-refractivity contribution in [2.24, 2.45) is 11.7 Å². The van der Waals surface area contributed by atoms with Gasteiger partial charge in [0, 0.05) is 12.2 Å². The van der Waals surface area contributed by atoms with Crippen molar-refractivity contribution in [3.05, 3.63) is 33.2 Å². The standard InChI is InChI=1S/C12H16N2O4/c1-6-4-8(3)14(5-7(2)10(13)15)11(16)9(6)12(17)18/h4,7H,5H2,1-3H3,(H2,13,15)(H,17,18). The molecular formula is C12H16N2O4. The van der Waals surface area contributed by atoms with Gasteiger partial charge in [0.1, 0.15) is 5.56 Å². The van der Waals surface area contributed by atoms with Gasteiger partial charge in [0.2, 0.25) is 5.91 Å². The number of nitrogens with zero attached hydrogens (tertiary/aromatic N) is 1. The summed E-state index contributed by atoms with van der Waals surface area (Å²) in [5.41, 5.74) is 5.29. The number of amides is 1. The van der Waals surface area contributed by atoms with Gasteiger partial charge in [-0.3, -0.25) is 9.59 Å². The van der Waals surface area contributed by atoms with E-state index in [0.29, 0.717) is 11.3 Å². The number of nitrogens with two attached hydrogens (primary N) is 1. The number of carbonyl (C=O) groups excluding carboxylic acids is 1. The molecule has 1 atom stereocenters. The van der Waals surface area contributed by atoms with Gasteiger partial charge in [-0.2, -0.15) is 0 Å². The van der Waals surface area contributed by atoms with E-state index in [0.717, 1.165) is 0 Å². The lowest BCUT2D eigenvalue weighted by atomic mass is 10.1. The summed E-state index contributed by atoms with van der Waals surface area (Å²) in [6.07, 6.45) is 0. The van der Waals surface area contributed by atoms with Crippen LogP contribution in [0.1, 0.15) is 28.5 Å². The molecule has 6 nitrogen and oxygen atoms in total. The van der Waals surface area contributed by atoms with E-state index >= 15 is 0 Å². The van der Waals surface area contributed by atoms with Crippen LogP contribution in [0.3, 0.4) is 0 Å². The number of pyridine rings is 1. The topological polar surface area (TPSA) is 102 Å². The van der Waals surface area contributed by atoms with Gasteiger partial charge in [0.15, 0.2) is 0 Å². The SMILES string of the molecule is Cc1cc(C)n(CC(C)C(N)=O)c(=O)c1C(=O)O. The van der Waals surface area contributed by atoms with Crippen LogP contribution in [0.25, 0.3) is 0 Å². The van der Waals surface area contributed by atoms with Gasteiger partial charge < -0.3 is 15.4 Å². The number of hydrogen-bond acceptors (Lipinski definition) is 3. The molecule has 6 heteroatoms. The van der Waals surface area contributed by atoms with Crippen LogP contribution in [0.4, 0.5) is 0 Å². The average molecular weight is 252 g/mol. The van der Waals surface area contributed by atoms with Crippen molar-refractivity contribution < 1.29 is 14.7 Å². The zero-order valence-electron chi connectivity index (χ0n) is 10.6. The Hall–Kier alpha value is -2.11. The number of aromatic nitrogens is 1. The van der Waals surface area contributed by atoms with Crippen molar-refractivity contribution in [3.8, 4) is 0 Å². The Morgan fingerprint density at radius 1 is 1.44 bits per heavy atom. The van der Waals surface area contributed by atoms with Gasteiger partial charge in [-0.15, -0.1) is 0 Å². The van der Waals surface area contributed by atoms with Crippen molar-refractivity contribution in [3.63, 3.8) is 0 Å². The van der Waals surface area contributed by atoms with E-state index in [2.05, 4.69) is 0 Å². The van der Waals surface area contributed by atoms with Crippen molar-refractivity contribution in [2.45, 2.75) is 27.3 Å². The molecule has 1 rings (SSSR count). The fraction of sp³-hybridized carbons (Fsp3) is 0.417. The third-order valence-electron chi connectivity index (χ3n) is 2.86. The Labute approximate surface area is 104 Å². The highest BCUT2D eigenvalue weighted by molar-refractivity contribution is 5.88. The quantitative estimate of drug-likeness (QED) is 0.803. The number of carbonyl (C=O) groups is 2. The fourth-order valence-electron chi connectivity index (χ4n) is 1.78. The maximum absolute atomic E-state index is 12.0. The molecule has 0 radical (unpaired) electrons. The van der Waals surface area contributed by atoms with Crippen LogP contribution in [0.15, 0.2) is 10.9 Å². The number of rotatable bonds is 4. The largest absolute Gasteiger partial charge is 0.477 e. The highest BCUT2D eigenvalue weighted by Crippen LogP contribution is 2.08. The number of carboxylic acid groups (broad SMARTS) is 1. The Morgan fingerprint density at radius 2 is 2.00 bits per heavy atom. The van der Waals surface area contributed by atoms with E-state index in [1.54, 1.807) is 26.8 Å². The van der Waals surface area contributed by atoms with Gasteiger partial charge in [0.25, 0.3) is 5.56 Å². The minimum atomic E-state index is -1.27. The normalized spacial score (nSPS) is 12.2. The molecule has 0 fully saturated rings. The summed E-state index contributed by atoms with van der Waals surface area (Å²) in [5.74, 6) is -2.33. The molecular weight excluding hydrogens is 236 g/mol. The summed E-state index contributed by atoms with van der Waals surface area (Å²) < 4.78 is 1.27. The molecule has 1 amide bonds. The Morgan fingerprint density at radius 3 is 2.44 bits per heavy atom. The lowest BCUT2D eigenvalue weighted by Crippen LogP contribution is -2.34. The molecule has 0 aliphatic carbocycles. The Kier molecular flexibility index (Phi) is 3.90. The summed E-state index contributed by atoms with van der Waals surface area (Å²) in [5, 5.41) is 9.00. The van der Waals surface area contributed by atoms with E-state index in [-0.39, 0.29) is 12.1 Å². The van der Waals surface area contributed by atoms with Gasteiger partial charge in [-0.1, -0.05) is 6.92 Å². The van der Waals surface area contributed by atoms with Crippen molar-refractivity contribution >= 4 is 11.9 Å². The Bertz CT molecular complexity index is 560. The van der Waals surface area contributed by atoms with Gasteiger partial charge in [0.05, 0.1) is 5.92 Å². The first-order chi connectivity index (χ1) is 8.25. The molecule has 1 heterocycles. The van der Waals surface area contributed by atoms with Crippen LogP contribution in [0, 0.1) is 19.8 Å². The zero-order valence-corrected chi connectivity index (χ0v) is 10.6. The lowest BCUT2D eigenvalue weighted by molar-refractivity contribution is -0.121. The molecule has 0 bridgehead atoms. The molecule has 0 saturated heterocycles. The molecule has 98 valence electrons. The second kappa shape index (κ2) is 5.03. The predicted molar refractivity (Wildman–Crippen MR) is 65.5 cm³/mol. The second-order valence-corrected chi connectivity index (χ2v) is 4.37. The first-order valence-corrected chi connectivity index (χ1v) is 5.49. The molecule has 0 saturated carbocycles. The first kappa shape index (κ1) is 14.0. The minimum absolute atomic E-state index is 0.0839. The average Bonchev–Trinajstić information content (AvgIpc) is 2.22. The number of primary amides is 1. The molecule has 3 N–H and O–H groups in total. The van der Waals surface area contributed by atoms with Gasteiger partial charge >= 0.3 is 5.97 Å². The fourth-order valence-corrected chi connectivity index (χ4v) is 1.78. The van der Waals surface area contributed by atoms with E-state index in [9.17, 15) is 14.4 Å². The summed E-state index contributed by atoms with van der Waals surface area (Å²) in [7, 11) is 0. The lowest BCUT2D eigenvalue weighted by Gasteiger charge is -2.15. The molecule has 0 spiro atoms. The van der Waals surface area contributed by atoms with E-state index < -0.39 is 23.4 Å². The van der Waals surface area contributed by atoms with Crippen LogP contribution in [-0.4, -0.2) is 21.6 Å². The van der Waals surface area contributed by atoms with Crippen molar-refractivity contribution in [2.75, 3.05) is 0 Å². The Balaban J connectivity index is 3.37. The zero-order chi connectivity index (χ0) is 14.0. The van der Waals surface area contributed by atoms with Crippen LogP contribution in [0.5, 0.6) is 0 Å². The van der Waals surface area contributed by atoms with E-state index in [4.69, 9.17) is 10.8 Å². The van der Waals surface area contributed by atoms with Gasteiger partial charge in [-0.05, 0) is 25.5 Å². The predicted octanol–water partition coefficient (Wildman–Crippen LogP) is 0.285. The van der Waals surface area contributed by atoms with Crippen LogP contribution < -0.4 is 11.3 Å². The van der Waals surface area contributed by atoms with Crippen molar-refractivity contribution in [1.29, 1.82) is 0 Å². The van der Waals surface area contributed by atoms with Crippen LogP contribution in [0.2, 0.25) is 0 Å². The molecule has 1 aromatic heterocycles. The van der Waals surface area contributed by atoms with E-state index in [1.807, 2.05) is 0 Å². The van der Waals surface area contributed by atoms with E-state index in [1.165, 1.54) is 4.57 Å². The second-order valence-electron chi connectivity index (χ2n) is 4.37. The maximum atomic E-state index is 12.0. The highest BCUT2D eigenvalue weighted by Gasteiger charge is 2.18. The number of aromatic carboxylic acids is 1. The number of aryl methyl sites for hydroxylation is 2.